The van der Waals surface area contributed by atoms with Crippen molar-refractivity contribution in [3.63, 3.8) is 0 Å². The molecule has 0 unspecified atom stereocenters. The third kappa shape index (κ3) is 2.45. The van der Waals surface area contributed by atoms with Crippen LogP contribution in [0.15, 0.2) is 5.16 Å². The minimum atomic E-state index is -0.136. The van der Waals surface area contributed by atoms with Gasteiger partial charge in [-0.25, -0.2) is 4.98 Å². The SMILES string of the molecule is CCCSc1nc2sc3c(c2c2nnc(C)n12)CC(C)(C)OC3. The number of fused-ring (bicyclic) bond motifs is 5. The van der Waals surface area contributed by atoms with Crippen LogP contribution in [0.4, 0.5) is 0 Å². The van der Waals surface area contributed by atoms with E-state index in [9.17, 15) is 0 Å². The van der Waals surface area contributed by atoms with Crippen molar-refractivity contribution < 1.29 is 4.74 Å². The second kappa shape index (κ2) is 5.43. The predicted octanol–water partition coefficient (Wildman–Crippen LogP) is 4.00. The van der Waals surface area contributed by atoms with Gasteiger partial charge >= 0.3 is 0 Å². The highest BCUT2D eigenvalue weighted by molar-refractivity contribution is 7.99. The van der Waals surface area contributed by atoms with Crippen LogP contribution in [0.25, 0.3) is 15.9 Å². The van der Waals surface area contributed by atoms with Gasteiger partial charge in [0, 0.05) is 17.1 Å². The first-order chi connectivity index (χ1) is 11.0. The number of thiophene rings is 1. The maximum atomic E-state index is 5.97. The molecule has 0 aliphatic carbocycles. The Hall–Kier alpha value is -1.18. The van der Waals surface area contributed by atoms with Crippen molar-refractivity contribution in [3.8, 4) is 0 Å². The molecule has 1 aliphatic rings. The Balaban J connectivity index is 2.00. The molecule has 122 valence electrons. The van der Waals surface area contributed by atoms with Crippen molar-refractivity contribution in [1.29, 1.82) is 0 Å². The second-order valence-corrected chi connectivity index (χ2v) is 8.70. The summed E-state index contributed by atoms with van der Waals surface area (Å²) in [6.45, 7) is 9.13. The van der Waals surface area contributed by atoms with Crippen LogP contribution in [0.2, 0.25) is 0 Å². The van der Waals surface area contributed by atoms with E-state index >= 15 is 0 Å². The maximum absolute atomic E-state index is 5.97. The van der Waals surface area contributed by atoms with Crippen LogP contribution in [-0.4, -0.2) is 30.9 Å². The van der Waals surface area contributed by atoms with Crippen LogP contribution in [-0.2, 0) is 17.8 Å². The van der Waals surface area contributed by atoms with Gasteiger partial charge in [0.25, 0.3) is 0 Å². The topological polar surface area (TPSA) is 52.3 Å². The van der Waals surface area contributed by atoms with Crippen molar-refractivity contribution in [3.05, 3.63) is 16.3 Å². The molecule has 0 saturated heterocycles. The van der Waals surface area contributed by atoms with Gasteiger partial charge in [0.1, 0.15) is 10.7 Å². The summed E-state index contributed by atoms with van der Waals surface area (Å²) in [5, 5.41) is 10.9. The van der Waals surface area contributed by atoms with Gasteiger partial charge in [-0.1, -0.05) is 18.7 Å². The lowest BCUT2D eigenvalue weighted by Gasteiger charge is -2.30. The lowest BCUT2D eigenvalue weighted by molar-refractivity contribution is -0.0379. The molecular formula is C16H20N4OS2. The summed E-state index contributed by atoms with van der Waals surface area (Å²) >= 11 is 3.52. The average molecular weight is 348 g/mol. The predicted molar refractivity (Wildman–Crippen MR) is 94.5 cm³/mol. The van der Waals surface area contributed by atoms with Gasteiger partial charge in [0.15, 0.2) is 10.8 Å². The summed E-state index contributed by atoms with van der Waals surface area (Å²) < 4.78 is 8.08. The summed E-state index contributed by atoms with van der Waals surface area (Å²) in [6, 6.07) is 0. The first-order valence-electron chi connectivity index (χ1n) is 7.93. The molecule has 0 atom stereocenters. The smallest absolute Gasteiger partial charge is 0.176 e. The number of aromatic nitrogens is 4. The highest BCUT2D eigenvalue weighted by atomic mass is 32.2. The zero-order chi connectivity index (χ0) is 16.2. The van der Waals surface area contributed by atoms with Crippen molar-refractivity contribution >= 4 is 39.0 Å². The fourth-order valence-electron chi connectivity index (χ4n) is 3.03. The number of thioether (sulfide) groups is 1. The Morgan fingerprint density at radius 1 is 1.35 bits per heavy atom. The second-order valence-electron chi connectivity index (χ2n) is 6.56. The summed E-state index contributed by atoms with van der Waals surface area (Å²) in [5.74, 6) is 1.95. The molecule has 4 rings (SSSR count). The number of hydrogen-bond donors (Lipinski definition) is 0. The standard InChI is InChI=1S/C16H20N4OS2/c1-5-6-22-15-17-14-12(13-19-18-9(2)20(13)15)10-7-16(3,4)21-8-11(10)23-14/h5-8H2,1-4H3. The Bertz CT molecular complexity index is 897. The molecule has 0 amide bonds. The fraction of sp³-hybridized carbons (Fsp3) is 0.562. The van der Waals surface area contributed by atoms with Gasteiger partial charge in [-0.05, 0) is 32.8 Å². The molecule has 0 aromatic carbocycles. The van der Waals surface area contributed by atoms with Gasteiger partial charge in [-0.3, -0.25) is 4.40 Å². The lowest BCUT2D eigenvalue weighted by Crippen LogP contribution is -2.31. The first-order valence-corrected chi connectivity index (χ1v) is 9.73. The normalized spacial score (nSPS) is 17.0. The van der Waals surface area contributed by atoms with Crippen molar-refractivity contribution in [1.82, 2.24) is 19.6 Å². The van der Waals surface area contributed by atoms with E-state index in [0.29, 0.717) is 6.61 Å². The molecule has 0 saturated carbocycles. The molecule has 23 heavy (non-hydrogen) atoms. The van der Waals surface area contributed by atoms with E-state index in [2.05, 4.69) is 35.4 Å². The molecule has 3 aromatic rings. The monoisotopic (exact) mass is 348 g/mol. The Morgan fingerprint density at radius 2 is 2.17 bits per heavy atom. The molecule has 0 N–H and O–H groups in total. The average Bonchev–Trinajstić information content (AvgIpc) is 3.04. The zero-order valence-electron chi connectivity index (χ0n) is 13.8. The number of rotatable bonds is 3. The molecule has 5 nitrogen and oxygen atoms in total. The molecule has 7 heteroatoms. The third-order valence-electron chi connectivity index (χ3n) is 4.14. The van der Waals surface area contributed by atoms with Gasteiger partial charge in [-0.2, -0.15) is 0 Å². The molecule has 0 radical (unpaired) electrons. The van der Waals surface area contributed by atoms with E-state index in [0.717, 1.165) is 40.1 Å². The van der Waals surface area contributed by atoms with E-state index < -0.39 is 0 Å². The summed E-state index contributed by atoms with van der Waals surface area (Å²) in [6.07, 6.45) is 2.02. The molecule has 0 bridgehead atoms. The van der Waals surface area contributed by atoms with E-state index in [-0.39, 0.29) is 5.60 Å². The van der Waals surface area contributed by atoms with E-state index in [1.165, 1.54) is 15.8 Å². The molecular weight excluding hydrogens is 328 g/mol. The largest absolute Gasteiger partial charge is 0.370 e. The Labute approximate surface area is 143 Å². The van der Waals surface area contributed by atoms with Crippen LogP contribution < -0.4 is 0 Å². The summed E-state index contributed by atoms with van der Waals surface area (Å²) in [5.41, 5.74) is 2.15. The summed E-state index contributed by atoms with van der Waals surface area (Å²) in [4.78, 5) is 7.28. The van der Waals surface area contributed by atoms with Crippen LogP contribution >= 0.6 is 23.1 Å². The fourth-order valence-corrected chi connectivity index (χ4v) is 5.07. The molecule has 3 aromatic heterocycles. The Morgan fingerprint density at radius 3 is 2.96 bits per heavy atom. The molecule has 0 spiro atoms. The minimum Gasteiger partial charge on any atom is -0.370 e. The lowest BCUT2D eigenvalue weighted by atomic mass is 9.94. The molecule has 0 fully saturated rings. The van der Waals surface area contributed by atoms with E-state index in [4.69, 9.17) is 9.72 Å². The molecule has 1 aliphatic heterocycles. The van der Waals surface area contributed by atoms with Crippen LogP contribution in [0.1, 0.15) is 43.5 Å². The number of aryl methyl sites for hydroxylation is 1. The first kappa shape index (κ1) is 15.4. The number of ether oxygens (including phenoxy) is 1. The highest BCUT2D eigenvalue weighted by Gasteiger charge is 2.31. The van der Waals surface area contributed by atoms with Crippen LogP contribution in [0.3, 0.4) is 0 Å². The Kier molecular flexibility index (Phi) is 3.62. The quantitative estimate of drug-likeness (QED) is 0.529. The van der Waals surface area contributed by atoms with Gasteiger partial charge < -0.3 is 4.74 Å². The van der Waals surface area contributed by atoms with Gasteiger partial charge in [0.2, 0.25) is 0 Å². The van der Waals surface area contributed by atoms with Crippen LogP contribution in [0.5, 0.6) is 0 Å². The highest BCUT2D eigenvalue weighted by Crippen LogP contribution is 2.40. The van der Waals surface area contributed by atoms with Crippen molar-refractivity contribution in [2.24, 2.45) is 0 Å². The number of nitrogens with zero attached hydrogens (tertiary/aromatic N) is 4. The van der Waals surface area contributed by atoms with E-state index in [1.807, 2.05) is 6.92 Å². The minimum absolute atomic E-state index is 0.136. The van der Waals surface area contributed by atoms with Crippen molar-refractivity contribution in [2.75, 3.05) is 5.75 Å². The van der Waals surface area contributed by atoms with Crippen LogP contribution in [0, 0.1) is 6.92 Å². The van der Waals surface area contributed by atoms with Gasteiger partial charge in [0.05, 0.1) is 17.6 Å². The van der Waals surface area contributed by atoms with Crippen molar-refractivity contribution in [2.45, 2.75) is 57.9 Å². The number of hydrogen-bond acceptors (Lipinski definition) is 6. The van der Waals surface area contributed by atoms with E-state index in [1.54, 1.807) is 23.1 Å². The zero-order valence-corrected chi connectivity index (χ0v) is 15.5. The summed E-state index contributed by atoms with van der Waals surface area (Å²) in [7, 11) is 0. The molecule has 4 heterocycles. The third-order valence-corrected chi connectivity index (χ3v) is 6.38. The maximum Gasteiger partial charge on any atom is 0.176 e. The van der Waals surface area contributed by atoms with Gasteiger partial charge in [-0.15, -0.1) is 21.5 Å².